The molecule has 0 saturated carbocycles. The van der Waals surface area contributed by atoms with Crippen molar-refractivity contribution in [1.29, 1.82) is 0 Å². The van der Waals surface area contributed by atoms with Gasteiger partial charge in [-0.2, -0.15) is 0 Å². The summed E-state index contributed by atoms with van der Waals surface area (Å²) in [5.41, 5.74) is 2.12. The third kappa shape index (κ3) is 3.60. The normalized spacial score (nSPS) is 18.0. The van der Waals surface area contributed by atoms with Gasteiger partial charge in [0.2, 0.25) is 11.8 Å². The van der Waals surface area contributed by atoms with Gasteiger partial charge in [-0.05, 0) is 49.2 Å². The molecule has 6 nitrogen and oxygen atoms in total. The van der Waals surface area contributed by atoms with Gasteiger partial charge in [0, 0.05) is 18.4 Å². The van der Waals surface area contributed by atoms with Crippen molar-refractivity contribution < 1.29 is 9.15 Å². The molecule has 1 aliphatic heterocycles. The van der Waals surface area contributed by atoms with E-state index >= 15 is 0 Å². The molecule has 6 heteroatoms. The molecule has 134 valence electrons. The number of hydrogen-bond donors (Lipinski definition) is 0. The number of rotatable bonds is 5. The van der Waals surface area contributed by atoms with Gasteiger partial charge < -0.3 is 9.15 Å². The second-order valence-corrected chi connectivity index (χ2v) is 6.50. The van der Waals surface area contributed by atoms with E-state index < -0.39 is 0 Å². The van der Waals surface area contributed by atoms with Crippen molar-refractivity contribution in [1.82, 2.24) is 20.1 Å². The third-order valence-electron chi connectivity index (χ3n) is 4.81. The SMILES string of the molecule is COc1cccc(C2CCCCN2Cc2nnc(-c3cccnc3)o2)c1. The Hall–Kier alpha value is -2.73. The molecule has 2 aromatic heterocycles. The van der Waals surface area contributed by atoms with Crippen LogP contribution in [0.1, 0.15) is 36.8 Å². The minimum Gasteiger partial charge on any atom is -0.497 e. The Balaban J connectivity index is 1.53. The van der Waals surface area contributed by atoms with Crippen molar-refractivity contribution in [3.05, 3.63) is 60.2 Å². The van der Waals surface area contributed by atoms with Gasteiger partial charge in [-0.3, -0.25) is 9.88 Å². The van der Waals surface area contributed by atoms with Gasteiger partial charge in [0.25, 0.3) is 0 Å². The Morgan fingerprint density at radius 3 is 3.00 bits per heavy atom. The average Bonchev–Trinajstić information content (AvgIpc) is 3.18. The minimum absolute atomic E-state index is 0.340. The summed E-state index contributed by atoms with van der Waals surface area (Å²) in [5, 5.41) is 8.41. The number of piperidine rings is 1. The fraction of sp³-hybridized carbons (Fsp3) is 0.350. The summed E-state index contributed by atoms with van der Waals surface area (Å²) in [6, 6.07) is 12.4. The van der Waals surface area contributed by atoms with Gasteiger partial charge in [-0.25, -0.2) is 0 Å². The van der Waals surface area contributed by atoms with Crippen LogP contribution in [-0.4, -0.2) is 33.7 Å². The van der Waals surface area contributed by atoms with Crippen LogP contribution in [-0.2, 0) is 6.54 Å². The zero-order valence-corrected chi connectivity index (χ0v) is 14.8. The second-order valence-electron chi connectivity index (χ2n) is 6.50. The molecule has 1 aliphatic rings. The van der Waals surface area contributed by atoms with Crippen LogP contribution in [0.4, 0.5) is 0 Å². The fourth-order valence-corrected chi connectivity index (χ4v) is 3.50. The summed E-state index contributed by atoms with van der Waals surface area (Å²) < 4.78 is 11.3. The zero-order chi connectivity index (χ0) is 17.8. The Morgan fingerprint density at radius 2 is 2.15 bits per heavy atom. The molecule has 0 radical (unpaired) electrons. The Bertz CT molecular complexity index is 850. The molecule has 1 unspecified atom stereocenters. The molecule has 26 heavy (non-hydrogen) atoms. The van der Waals surface area contributed by atoms with Gasteiger partial charge in [0.05, 0.1) is 19.2 Å². The summed E-state index contributed by atoms with van der Waals surface area (Å²) in [4.78, 5) is 6.52. The van der Waals surface area contributed by atoms with E-state index in [9.17, 15) is 0 Å². The van der Waals surface area contributed by atoms with Gasteiger partial charge in [0.1, 0.15) is 5.75 Å². The highest BCUT2D eigenvalue weighted by atomic mass is 16.5. The van der Waals surface area contributed by atoms with E-state index in [1.807, 2.05) is 24.3 Å². The summed E-state index contributed by atoms with van der Waals surface area (Å²) in [5.74, 6) is 2.05. The lowest BCUT2D eigenvalue weighted by atomic mass is 9.95. The number of methoxy groups -OCH3 is 1. The van der Waals surface area contributed by atoms with Crippen LogP contribution in [0.3, 0.4) is 0 Å². The van der Waals surface area contributed by atoms with Gasteiger partial charge in [-0.1, -0.05) is 18.6 Å². The Morgan fingerprint density at radius 1 is 1.19 bits per heavy atom. The molecule has 0 amide bonds. The maximum Gasteiger partial charge on any atom is 0.249 e. The molecule has 1 aromatic carbocycles. The predicted octanol–water partition coefficient (Wildman–Crippen LogP) is 3.87. The fourth-order valence-electron chi connectivity index (χ4n) is 3.50. The maximum atomic E-state index is 5.87. The number of ether oxygens (including phenoxy) is 1. The third-order valence-corrected chi connectivity index (χ3v) is 4.81. The summed E-state index contributed by atoms with van der Waals surface area (Å²) >= 11 is 0. The quantitative estimate of drug-likeness (QED) is 0.696. The van der Waals surface area contributed by atoms with E-state index in [1.54, 1.807) is 19.5 Å². The number of nitrogens with zero attached hydrogens (tertiary/aromatic N) is 4. The van der Waals surface area contributed by atoms with E-state index in [4.69, 9.17) is 9.15 Å². The lowest BCUT2D eigenvalue weighted by Gasteiger charge is -2.35. The molecule has 1 saturated heterocycles. The lowest BCUT2D eigenvalue weighted by molar-refractivity contribution is 0.128. The molecule has 1 fully saturated rings. The van der Waals surface area contributed by atoms with Gasteiger partial charge in [0.15, 0.2) is 0 Å². The summed E-state index contributed by atoms with van der Waals surface area (Å²) in [6.07, 6.45) is 6.99. The van der Waals surface area contributed by atoms with E-state index in [2.05, 4.69) is 32.2 Å². The van der Waals surface area contributed by atoms with Gasteiger partial charge in [-0.15, -0.1) is 10.2 Å². The first kappa shape index (κ1) is 16.7. The molecule has 0 spiro atoms. The van der Waals surface area contributed by atoms with Crippen molar-refractivity contribution in [2.45, 2.75) is 31.8 Å². The number of aromatic nitrogens is 3. The molecule has 0 N–H and O–H groups in total. The lowest BCUT2D eigenvalue weighted by Crippen LogP contribution is -2.33. The zero-order valence-electron chi connectivity index (χ0n) is 14.8. The number of likely N-dealkylation sites (tertiary alicyclic amines) is 1. The minimum atomic E-state index is 0.340. The molecular formula is C20H22N4O2. The van der Waals surface area contributed by atoms with Crippen molar-refractivity contribution in [2.24, 2.45) is 0 Å². The van der Waals surface area contributed by atoms with Crippen LogP contribution in [0.25, 0.3) is 11.5 Å². The number of benzene rings is 1. The van der Waals surface area contributed by atoms with Crippen molar-refractivity contribution in [2.75, 3.05) is 13.7 Å². The summed E-state index contributed by atoms with van der Waals surface area (Å²) in [7, 11) is 1.70. The molecule has 3 aromatic rings. The van der Waals surface area contributed by atoms with E-state index in [1.165, 1.54) is 18.4 Å². The van der Waals surface area contributed by atoms with Gasteiger partial charge >= 0.3 is 0 Å². The van der Waals surface area contributed by atoms with Crippen molar-refractivity contribution in [3.8, 4) is 17.2 Å². The second kappa shape index (κ2) is 7.66. The summed E-state index contributed by atoms with van der Waals surface area (Å²) in [6.45, 7) is 1.67. The molecule has 1 atom stereocenters. The van der Waals surface area contributed by atoms with Crippen LogP contribution in [0, 0.1) is 0 Å². The van der Waals surface area contributed by atoms with Crippen LogP contribution < -0.4 is 4.74 Å². The van der Waals surface area contributed by atoms with E-state index in [-0.39, 0.29) is 0 Å². The van der Waals surface area contributed by atoms with Crippen LogP contribution >= 0.6 is 0 Å². The largest absolute Gasteiger partial charge is 0.497 e. The first-order valence-corrected chi connectivity index (χ1v) is 8.94. The highest BCUT2D eigenvalue weighted by Crippen LogP contribution is 2.33. The van der Waals surface area contributed by atoms with Crippen LogP contribution in [0.2, 0.25) is 0 Å². The number of hydrogen-bond acceptors (Lipinski definition) is 6. The van der Waals surface area contributed by atoms with Crippen LogP contribution in [0.5, 0.6) is 5.75 Å². The molecule has 3 heterocycles. The monoisotopic (exact) mass is 350 g/mol. The molecule has 0 bridgehead atoms. The highest BCUT2D eigenvalue weighted by molar-refractivity contribution is 5.49. The number of pyridine rings is 1. The first-order chi connectivity index (χ1) is 12.8. The Labute approximate surface area is 152 Å². The Kier molecular flexibility index (Phi) is 4.93. The molecular weight excluding hydrogens is 328 g/mol. The van der Waals surface area contributed by atoms with Crippen molar-refractivity contribution in [3.63, 3.8) is 0 Å². The average molecular weight is 350 g/mol. The van der Waals surface area contributed by atoms with E-state index in [0.29, 0.717) is 24.4 Å². The van der Waals surface area contributed by atoms with Crippen molar-refractivity contribution >= 4 is 0 Å². The first-order valence-electron chi connectivity index (χ1n) is 8.94. The smallest absolute Gasteiger partial charge is 0.249 e. The maximum absolute atomic E-state index is 5.87. The molecule has 4 rings (SSSR count). The van der Waals surface area contributed by atoms with E-state index in [0.717, 1.165) is 24.3 Å². The topological polar surface area (TPSA) is 64.3 Å². The predicted molar refractivity (Wildman–Crippen MR) is 97.5 cm³/mol. The van der Waals surface area contributed by atoms with Crippen LogP contribution in [0.15, 0.2) is 53.2 Å². The highest BCUT2D eigenvalue weighted by Gasteiger charge is 2.26. The standard InChI is InChI=1S/C20H22N4O2/c1-25-17-8-4-6-15(12-17)18-9-2-3-11-24(18)14-19-22-23-20(26-19)16-7-5-10-21-13-16/h4-8,10,12-13,18H,2-3,9,11,14H2,1H3. The molecule has 0 aliphatic carbocycles.